The molecule has 2 aliphatic heterocycles. The van der Waals surface area contributed by atoms with Gasteiger partial charge < -0.3 is 10.2 Å². The quantitative estimate of drug-likeness (QED) is 0.893. The minimum absolute atomic E-state index is 0.0737. The first kappa shape index (κ1) is 17.5. The van der Waals surface area contributed by atoms with Crippen molar-refractivity contribution in [2.45, 2.75) is 76.9 Å². The number of fused-ring (bicyclic) bond motifs is 2. The van der Waals surface area contributed by atoms with E-state index in [4.69, 9.17) is 0 Å². The van der Waals surface area contributed by atoms with Crippen LogP contribution in [0.15, 0.2) is 24.3 Å². The van der Waals surface area contributed by atoms with E-state index in [0.29, 0.717) is 24.0 Å². The van der Waals surface area contributed by atoms with Crippen molar-refractivity contribution in [3.63, 3.8) is 0 Å². The van der Waals surface area contributed by atoms with E-state index in [1.54, 1.807) is 0 Å². The maximum Gasteiger partial charge on any atom is 0.227 e. The number of hydrogen-bond donors (Lipinski definition) is 1. The van der Waals surface area contributed by atoms with Crippen LogP contribution in [0.5, 0.6) is 0 Å². The highest BCUT2D eigenvalue weighted by Gasteiger charge is 2.39. The maximum atomic E-state index is 12.7. The second kappa shape index (κ2) is 7.26. The Labute approximate surface area is 146 Å². The first-order chi connectivity index (χ1) is 11.4. The molecule has 1 aromatic rings. The number of hydrogen-bond acceptors (Lipinski definition) is 2. The summed E-state index contributed by atoms with van der Waals surface area (Å²) >= 11 is 0. The molecule has 1 aromatic carbocycles. The van der Waals surface area contributed by atoms with Gasteiger partial charge in [-0.1, -0.05) is 38.1 Å². The van der Waals surface area contributed by atoms with Gasteiger partial charge in [0.05, 0.1) is 5.92 Å². The van der Waals surface area contributed by atoms with Crippen molar-refractivity contribution in [3.05, 3.63) is 35.4 Å². The Morgan fingerprint density at radius 2 is 1.71 bits per heavy atom. The molecular weight excluding hydrogens is 296 g/mol. The first-order valence-electron chi connectivity index (χ1n) is 9.55. The van der Waals surface area contributed by atoms with Gasteiger partial charge in [-0.25, -0.2) is 0 Å². The summed E-state index contributed by atoms with van der Waals surface area (Å²) in [5.74, 6) is 0.771. The minimum atomic E-state index is -0.0737. The van der Waals surface area contributed by atoms with Gasteiger partial charge in [-0.15, -0.1) is 0 Å². The lowest BCUT2D eigenvalue weighted by molar-refractivity contribution is -0.123. The second-order valence-corrected chi connectivity index (χ2v) is 8.29. The number of amides is 1. The van der Waals surface area contributed by atoms with Gasteiger partial charge in [-0.3, -0.25) is 4.79 Å². The molecule has 4 atom stereocenters. The van der Waals surface area contributed by atoms with E-state index >= 15 is 0 Å². The molecule has 0 aromatic heterocycles. The van der Waals surface area contributed by atoms with Gasteiger partial charge in [-0.2, -0.15) is 0 Å². The molecule has 2 heterocycles. The topological polar surface area (TPSA) is 32.3 Å². The SMILES string of the molecule is CC(C)Cc1ccc([C@@H](C)C(=O)NC2C[C@H]3CC[C@@H](C2)N3C)cc1. The standard InChI is InChI=1S/C21H32N2O/c1-14(2)11-16-5-7-17(8-6-16)15(3)21(24)22-18-12-19-9-10-20(13-18)23(19)4/h5-8,14-15,18-20H,9-13H2,1-4H3,(H,22,24)/t15-,18?,19-,20+/m1/s1. The molecule has 1 unspecified atom stereocenters. The Morgan fingerprint density at radius 3 is 2.25 bits per heavy atom. The molecule has 2 aliphatic rings. The Hall–Kier alpha value is -1.35. The summed E-state index contributed by atoms with van der Waals surface area (Å²) in [6.45, 7) is 6.49. The van der Waals surface area contributed by atoms with Crippen LogP contribution in [0.1, 0.15) is 63.5 Å². The van der Waals surface area contributed by atoms with Crippen LogP contribution in [-0.4, -0.2) is 36.0 Å². The van der Waals surface area contributed by atoms with Crippen LogP contribution >= 0.6 is 0 Å². The number of piperidine rings is 1. The predicted molar refractivity (Wildman–Crippen MR) is 99.1 cm³/mol. The Kier molecular flexibility index (Phi) is 5.29. The summed E-state index contributed by atoms with van der Waals surface area (Å²) in [4.78, 5) is 15.2. The third-order valence-corrected chi connectivity index (χ3v) is 5.96. The van der Waals surface area contributed by atoms with Crippen molar-refractivity contribution < 1.29 is 4.79 Å². The molecule has 1 amide bonds. The average Bonchev–Trinajstić information content (AvgIpc) is 2.75. The van der Waals surface area contributed by atoms with Crippen molar-refractivity contribution in [3.8, 4) is 0 Å². The zero-order valence-electron chi connectivity index (χ0n) is 15.6. The van der Waals surface area contributed by atoms with Crippen LogP contribution in [0.2, 0.25) is 0 Å². The molecule has 3 heteroatoms. The molecule has 24 heavy (non-hydrogen) atoms. The smallest absolute Gasteiger partial charge is 0.227 e. The predicted octanol–water partition coefficient (Wildman–Crippen LogP) is 3.73. The third-order valence-electron chi connectivity index (χ3n) is 5.96. The van der Waals surface area contributed by atoms with Crippen LogP contribution in [-0.2, 0) is 11.2 Å². The van der Waals surface area contributed by atoms with Crippen molar-refractivity contribution in [1.29, 1.82) is 0 Å². The van der Waals surface area contributed by atoms with Crippen molar-refractivity contribution in [2.24, 2.45) is 5.92 Å². The first-order valence-corrected chi connectivity index (χ1v) is 9.55. The van der Waals surface area contributed by atoms with Gasteiger partial charge in [0.15, 0.2) is 0 Å². The number of nitrogens with zero attached hydrogens (tertiary/aromatic N) is 1. The van der Waals surface area contributed by atoms with Crippen LogP contribution in [0.3, 0.4) is 0 Å². The third kappa shape index (κ3) is 3.83. The Balaban J connectivity index is 1.57. The van der Waals surface area contributed by atoms with Gasteiger partial charge in [0.2, 0.25) is 5.91 Å². The fourth-order valence-corrected chi connectivity index (χ4v) is 4.42. The zero-order chi connectivity index (χ0) is 17.3. The van der Waals surface area contributed by atoms with E-state index in [1.165, 1.54) is 18.4 Å². The van der Waals surface area contributed by atoms with Gasteiger partial charge >= 0.3 is 0 Å². The fraction of sp³-hybridized carbons (Fsp3) is 0.667. The molecule has 0 radical (unpaired) electrons. The van der Waals surface area contributed by atoms with E-state index in [1.807, 2.05) is 6.92 Å². The van der Waals surface area contributed by atoms with E-state index in [9.17, 15) is 4.79 Å². The number of carbonyl (C=O) groups excluding carboxylic acids is 1. The minimum Gasteiger partial charge on any atom is -0.353 e. The van der Waals surface area contributed by atoms with E-state index in [2.05, 4.69) is 55.4 Å². The van der Waals surface area contributed by atoms with Crippen molar-refractivity contribution >= 4 is 5.91 Å². The molecule has 2 bridgehead atoms. The molecule has 0 spiro atoms. The van der Waals surface area contributed by atoms with E-state index < -0.39 is 0 Å². The molecule has 2 fully saturated rings. The van der Waals surface area contributed by atoms with E-state index in [-0.39, 0.29) is 11.8 Å². The van der Waals surface area contributed by atoms with E-state index in [0.717, 1.165) is 24.8 Å². The summed E-state index contributed by atoms with van der Waals surface area (Å²) in [6.07, 6.45) is 5.90. The highest BCUT2D eigenvalue weighted by atomic mass is 16.1. The summed E-state index contributed by atoms with van der Waals surface area (Å²) < 4.78 is 0. The van der Waals surface area contributed by atoms with Crippen molar-refractivity contribution in [1.82, 2.24) is 10.2 Å². The average molecular weight is 328 g/mol. The Morgan fingerprint density at radius 1 is 1.12 bits per heavy atom. The summed E-state index contributed by atoms with van der Waals surface area (Å²) in [7, 11) is 2.24. The summed E-state index contributed by atoms with van der Waals surface area (Å²) in [5.41, 5.74) is 2.48. The van der Waals surface area contributed by atoms with Gasteiger partial charge in [0, 0.05) is 18.1 Å². The molecule has 132 valence electrons. The lowest BCUT2D eigenvalue weighted by atomic mass is 9.94. The number of nitrogens with one attached hydrogen (secondary N) is 1. The number of carbonyl (C=O) groups is 1. The van der Waals surface area contributed by atoms with Crippen LogP contribution in [0.4, 0.5) is 0 Å². The largest absolute Gasteiger partial charge is 0.353 e. The fourth-order valence-electron chi connectivity index (χ4n) is 4.42. The highest BCUT2D eigenvalue weighted by molar-refractivity contribution is 5.83. The number of rotatable bonds is 5. The molecule has 2 saturated heterocycles. The zero-order valence-corrected chi connectivity index (χ0v) is 15.6. The molecule has 3 rings (SSSR count). The van der Waals surface area contributed by atoms with Gasteiger partial charge in [-0.05, 0) is 63.1 Å². The summed E-state index contributed by atoms with van der Waals surface area (Å²) in [6, 6.07) is 10.3. The lowest BCUT2D eigenvalue weighted by Crippen LogP contribution is -2.49. The number of benzene rings is 1. The monoisotopic (exact) mass is 328 g/mol. The highest BCUT2D eigenvalue weighted by Crippen LogP contribution is 2.34. The molecule has 0 saturated carbocycles. The van der Waals surface area contributed by atoms with Crippen LogP contribution in [0.25, 0.3) is 0 Å². The Bertz CT molecular complexity index is 552. The molecular formula is C21H32N2O. The van der Waals surface area contributed by atoms with Crippen molar-refractivity contribution in [2.75, 3.05) is 7.05 Å². The maximum absolute atomic E-state index is 12.7. The van der Waals surface area contributed by atoms with Crippen LogP contribution < -0.4 is 5.32 Å². The van der Waals surface area contributed by atoms with Gasteiger partial charge in [0.1, 0.15) is 0 Å². The lowest BCUT2D eigenvalue weighted by Gasteiger charge is -2.37. The second-order valence-electron chi connectivity index (χ2n) is 8.29. The molecule has 1 N–H and O–H groups in total. The van der Waals surface area contributed by atoms with Crippen LogP contribution in [0, 0.1) is 5.92 Å². The van der Waals surface area contributed by atoms with Gasteiger partial charge in [0.25, 0.3) is 0 Å². The summed E-state index contributed by atoms with van der Waals surface area (Å²) in [5, 5.41) is 3.32. The molecule has 0 aliphatic carbocycles. The molecule has 3 nitrogen and oxygen atoms in total. The normalized spacial score (nSPS) is 28.1.